The zero-order valence-corrected chi connectivity index (χ0v) is 22.1. The molecule has 4 atom stereocenters. The molecule has 8 heteroatoms. The van der Waals surface area contributed by atoms with Gasteiger partial charge in [-0.2, -0.15) is 0 Å². The van der Waals surface area contributed by atoms with Crippen LogP contribution in [0.5, 0.6) is 5.75 Å². The maximum absolute atomic E-state index is 10.3. The highest BCUT2D eigenvalue weighted by molar-refractivity contribution is 5.45. The van der Waals surface area contributed by atoms with Gasteiger partial charge < -0.3 is 38.4 Å². The number of rotatable bonds is 16. The minimum absolute atomic E-state index is 0.124. The van der Waals surface area contributed by atoms with E-state index in [4.69, 9.17) is 28.4 Å². The topological polar surface area (TPSA) is 78.9 Å². The van der Waals surface area contributed by atoms with E-state index in [1.165, 1.54) is 17.5 Å². The van der Waals surface area contributed by atoms with Crippen molar-refractivity contribution in [2.24, 2.45) is 5.92 Å². The summed E-state index contributed by atoms with van der Waals surface area (Å²) in [5.41, 5.74) is 2.91. The average Bonchev–Trinajstić information content (AvgIpc) is 2.88. The number of hydrogen-bond donors (Lipinski definition) is 1. The van der Waals surface area contributed by atoms with Gasteiger partial charge in [0.2, 0.25) is 0 Å². The summed E-state index contributed by atoms with van der Waals surface area (Å²) in [7, 11) is 3.93. The Morgan fingerprint density at radius 2 is 1.53 bits per heavy atom. The molecule has 2 bridgehead atoms. The number of nitrogens with zero attached hydrogens (tertiary/aromatic N) is 1. The molecule has 2 fully saturated rings. The fourth-order valence-electron chi connectivity index (χ4n) is 6.49. The van der Waals surface area contributed by atoms with Crippen LogP contribution in [0.4, 0.5) is 0 Å². The van der Waals surface area contributed by atoms with Crippen LogP contribution in [0.3, 0.4) is 0 Å². The molecule has 4 rings (SSSR count). The molecule has 0 amide bonds. The van der Waals surface area contributed by atoms with Crippen LogP contribution >= 0.6 is 0 Å². The van der Waals surface area contributed by atoms with Crippen LogP contribution in [0.2, 0.25) is 0 Å². The van der Waals surface area contributed by atoms with Crippen LogP contribution in [0.1, 0.15) is 36.8 Å². The number of likely N-dealkylation sites (N-methyl/N-ethyl adjacent to an activating group) is 1. The van der Waals surface area contributed by atoms with Crippen molar-refractivity contribution in [3.05, 3.63) is 29.3 Å². The zero-order valence-electron chi connectivity index (χ0n) is 22.1. The summed E-state index contributed by atoms with van der Waals surface area (Å²) in [5.74, 6) is 1.03. The van der Waals surface area contributed by atoms with Crippen molar-refractivity contribution >= 4 is 0 Å². The third kappa shape index (κ3) is 6.98. The molecule has 1 heterocycles. The van der Waals surface area contributed by atoms with Crippen molar-refractivity contribution in [1.82, 2.24) is 4.90 Å². The van der Waals surface area contributed by atoms with E-state index >= 15 is 0 Å². The SMILES string of the molecule is COCCOCCOCCOCCOCCO[C@H]1CC[C@H]2[C@H]3Cc4ccc(O)cc4[C@@]2(CCN3C)C1. The largest absolute Gasteiger partial charge is 0.508 e. The summed E-state index contributed by atoms with van der Waals surface area (Å²) >= 11 is 0. The van der Waals surface area contributed by atoms with E-state index in [-0.39, 0.29) is 11.5 Å². The molecular formula is C28H45NO7. The number of phenols is 1. The van der Waals surface area contributed by atoms with E-state index in [0.717, 1.165) is 32.2 Å². The number of phenolic OH excluding ortho intramolecular Hbond substituents is 1. The van der Waals surface area contributed by atoms with Crippen LogP contribution in [0, 0.1) is 5.92 Å². The van der Waals surface area contributed by atoms with Gasteiger partial charge in [0.25, 0.3) is 0 Å². The Kier molecular flexibility index (Phi) is 10.8. The Morgan fingerprint density at radius 3 is 2.19 bits per heavy atom. The molecule has 1 aromatic rings. The molecule has 8 nitrogen and oxygen atoms in total. The number of piperidine rings is 1. The molecule has 1 saturated carbocycles. The number of ether oxygens (including phenoxy) is 6. The minimum Gasteiger partial charge on any atom is -0.508 e. The third-order valence-electron chi connectivity index (χ3n) is 8.23. The second-order valence-corrected chi connectivity index (χ2v) is 10.3. The van der Waals surface area contributed by atoms with Crippen molar-refractivity contribution < 1.29 is 33.5 Å². The van der Waals surface area contributed by atoms with E-state index in [1.54, 1.807) is 7.11 Å². The first-order valence-corrected chi connectivity index (χ1v) is 13.6. The van der Waals surface area contributed by atoms with E-state index < -0.39 is 0 Å². The van der Waals surface area contributed by atoms with Crippen LogP contribution in [-0.4, -0.2) is 109 Å². The maximum Gasteiger partial charge on any atom is 0.115 e. The average molecular weight is 508 g/mol. The normalized spacial score (nSPS) is 27.6. The lowest BCUT2D eigenvalue weighted by Crippen LogP contribution is -2.61. The Hall–Kier alpha value is -1.26. The molecule has 204 valence electrons. The van der Waals surface area contributed by atoms with Crippen LogP contribution < -0.4 is 0 Å². The van der Waals surface area contributed by atoms with E-state index in [0.29, 0.717) is 83.8 Å². The number of benzene rings is 1. The molecule has 1 aliphatic heterocycles. The lowest BCUT2D eigenvalue weighted by molar-refractivity contribution is -0.0774. The lowest BCUT2D eigenvalue weighted by Gasteiger charge is -2.59. The Balaban J connectivity index is 1.10. The Morgan fingerprint density at radius 1 is 0.889 bits per heavy atom. The molecule has 2 aliphatic carbocycles. The van der Waals surface area contributed by atoms with Gasteiger partial charge in [0.15, 0.2) is 0 Å². The fraction of sp³-hybridized carbons (Fsp3) is 0.786. The summed E-state index contributed by atoms with van der Waals surface area (Å²) in [6.45, 7) is 6.84. The number of aromatic hydroxyl groups is 1. The van der Waals surface area contributed by atoms with Gasteiger partial charge in [-0.05, 0) is 74.9 Å². The summed E-state index contributed by atoms with van der Waals surface area (Å²) in [4.78, 5) is 2.56. The van der Waals surface area contributed by atoms with Crippen molar-refractivity contribution in [1.29, 1.82) is 0 Å². The van der Waals surface area contributed by atoms with E-state index in [9.17, 15) is 5.11 Å². The highest BCUT2D eigenvalue weighted by Crippen LogP contribution is 2.56. The number of likely N-dealkylation sites (tertiary alicyclic amines) is 1. The van der Waals surface area contributed by atoms with E-state index in [2.05, 4.69) is 18.0 Å². The van der Waals surface area contributed by atoms with Crippen LogP contribution in [-0.2, 0) is 40.3 Å². The van der Waals surface area contributed by atoms with Gasteiger partial charge >= 0.3 is 0 Å². The molecule has 0 aromatic heterocycles. The molecule has 3 aliphatic rings. The van der Waals surface area contributed by atoms with Gasteiger partial charge in [-0.25, -0.2) is 0 Å². The molecule has 0 unspecified atom stereocenters. The maximum atomic E-state index is 10.3. The van der Waals surface area contributed by atoms with Gasteiger partial charge in [-0.1, -0.05) is 6.07 Å². The standard InChI is InChI=1S/C28H45NO7/c1-29-8-7-28-21-24(5-6-25(28)27(29)19-22-3-4-23(30)20-26(22)28)36-18-17-35-16-15-34-14-13-33-12-11-32-10-9-31-2/h3-4,20,24-25,27,30H,5-19,21H2,1-2H3/t24-,25-,27+,28-/m0/s1. The van der Waals surface area contributed by atoms with Crippen molar-refractivity contribution in [2.75, 3.05) is 86.8 Å². The van der Waals surface area contributed by atoms with Gasteiger partial charge in [0.1, 0.15) is 5.75 Å². The van der Waals surface area contributed by atoms with Crippen molar-refractivity contribution in [3.63, 3.8) is 0 Å². The molecular weight excluding hydrogens is 462 g/mol. The second-order valence-electron chi connectivity index (χ2n) is 10.3. The van der Waals surface area contributed by atoms with Crippen LogP contribution in [0.15, 0.2) is 18.2 Å². The van der Waals surface area contributed by atoms with Gasteiger partial charge in [-0.3, -0.25) is 0 Å². The summed E-state index contributed by atoms with van der Waals surface area (Å²) in [6, 6.07) is 6.62. The predicted octanol–water partition coefficient (Wildman–Crippen LogP) is 2.79. The number of fused-ring (bicyclic) bond motifs is 1. The molecule has 0 radical (unpaired) electrons. The smallest absolute Gasteiger partial charge is 0.115 e. The second kappa shape index (κ2) is 14.0. The quantitative estimate of drug-likeness (QED) is 0.342. The Bertz CT molecular complexity index is 793. The summed E-state index contributed by atoms with van der Waals surface area (Å²) < 4.78 is 33.3. The first-order valence-electron chi connectivity index (χ1n) is 13.6. The van der Waals surface area contributed by atoms with Gasteiger partial charge in [0.05, 0.1) is 72.2 Å². The third-order valence-corrected chi connectivity index (χ3v) is 8.23. The summed E-state index contributed by atoms with van der Waals surface area (Å²) in [6.07, 6.45) is 5.80. The monoisotopic (exact) mass is 507 g/mol. The first kappa shape index (κ1) is 27.8. The van der Waals surface area contributed by atoms with Crippen molar-refractivity contribution in [2.45, 2.75) is 49.7 Å². The molecule has 1 saturated heterocycles. The highest BCUT2D eigenvalue weighted by atomic mass is 16.6. The Labute approximate surface area is 216 Å². The fourth-order valence-corrected chi connectivity index (χ4v) is 6.49. The summed E-state index contributed by atoms with van der Waals surface area (Å²) in [5, 5.41) is 10.3. The van der Waals surface area contributed by atoms with Crippen molar-refractivity contribution in [3.8, 4) is 5.75 Å². The molecule has 1 aromatic carbocycles. The molecule has 0 spiro atoms. The number of methoxy groups -OCH3 is 1. The van der Waals surface area contributed by atoms with Crippen LogP contribution in [0.25, 0.3) is 0 Å². The lowest BCUT2D eigenvalue weighted by atomic mass is 9.52. The minimum atomic E-state index is 0.124. The van der Waals surface area contributed by atoms with E-state index in [1.807, 2.05) is 12.1 Å². The number of hydrogen-bond acceptors (Lipinski definition) is 8. The molecule has 1 N–H and O–H groups in total. The molecule has 36 heavy (non-hydrogen) atoms. The highest BCUT2D eigenvalue weighted by Gasteiger charge is 2.55. The van der Waals surface area contributed by atoms with Gasteiger partial charge in [-0.15, -0.1) is 0 Å². The first-order chi connectivity index (χ1) is 17.6. The predicted molar refractivity (Wildman–Crippen MR) is 137 cm³/mol. The zero-order chi connectivity index (χ0) is 25.2. The van der Waals surface area contributed by atoms with Gasteiger partial charge in [0, 0.05) is 18.6 Å².